The number of nitrogens with zero attached hydrogens (tertiary/aromatic N) is 3. The standard InChI is InChI=1S/C16H15F2N5O/c1-2-24-9-5-12(17)11(13(18)6-9)8-23-14-7-21-4-3-10(14)15(22-23)16(19)20/h3-7H,2,8H2,1H3,(H3,19,20). The fourth-order valence-electron chi connectivity index (χ4n) is 2.47. The van der Waals surface area contributed by atoms with Gasteiger partial charge in [0.1, 0.15) is 28.9 Å². The molecule has 0 saturated heterocycles. The number of halogens is 2. The van der Waals surface area contributed by atoms with Crippen molar-refractivity contribution in [2.45, 2.75) is 13.5 Å². The molecule has 0 aliphatic rings. The van der Waals surface area contributed by atoms with Gasteiger partial charge in [-0.2, -0.15) is 5.10 Å². The van der Waals surface area contributed by atoms with Crippen LogP contribution in [-0.2, 0) is 6.54 Å². The third-order valence-electron chi connectivity index (χ3n) is 3.54. The molecule has 0 aliphatic heterocycles. The van der Waals surface area contributed by atoms with E-state index in [1.165, 1.54) is 10.9 Å². The Bertz CT molecular complexity index is 899. The number of ether oxygens (including phenoxy) is 1. The fourth-order valence-corrected chi connectivity index (χ4v) is 2.47. The zero-order valence-corrected chi connectivity index (χ0v) is 12.9. The molecule has 1 aromatic carbocycles. The summed E-state index contributed by atoms with van der Waals surface area (Å²) in [6.45, 7) is 1.89. The molecule has 3 aromatic rings. The summed E-state index contributed by atoms with van der Waals surface area (Å²) in [6, 6.07) is 3.93. The first-order chi connectivity index (χ1) is 11.5. The molecule has 0 spiro atoms. The number of hydrogen-bond donors (Lipinski definition) is 2. The topological polar surface area (TPSA) is 89.8 Å². The van der Waals surface area contributed by atoms with E-state index in [0.29, 0.717) is 17.5 Å². The predicted molar refractivity (Wildman–Crippen MR) is 85.2 cm³/mol. The first-order valence-corrected chi connectivity index (χ1v) is 7.27. The number of fused-ring (bicyclic) bond motifs is 1. The van der Waals surface area contributed by atoms with Crippen LogP contribution in [-0.4, -0.2) is 27.2 Å². The smallest absolute Gasteiger partial charge is 0.144 e. The molecule has 124 valence electrons. The molecule has 2 aromatic heterocycles. The van der Waals surface area contributed by atoms with Gasteiger partial charge >= 0.3 is 0 Å². The summed E-state index contributed by atoms with van der Waals surface area (Å²) >= 11 is 0. The van der Waals surface area contributed by atoms with Crippen molar-refractivity contribution in [3.8, 4) is 5.75 Å². The van der Waals surface area contributed by atoms with E-state index in [-0.39, 0.29) is 29.4 Å². The van der Waals surface area contributed by atoms with Crippen LogP contribution < -0.4 is 10.5 Å². The maximum Gasteiger partial charge on any atom is 0.144 e. The van der Waals surface area contributed by atoms with Crippen LogP contribution in [0.1, 0.15) is 18.2 Å². The quantitative estimate of drug-likeness (QED) is 0.555. The van der Waals surface area contributed by atoms with Crippen molar-refractivity contribution in [3.05, 3.63) is 53.5 Å². The van der Waals surface area contributed by atoms with Crippen LogP contribution in [0.2, 0.25) is 0 Å². The lowest BCUT2D eigenvalue weighted by molar-refractivity contribution is 0.335. The van der Waals surface area contributed by atoms with E-state index >= 15 is 0 Å². The van der Waals surface area contributed by atoms with Gasteiger partial charge in [0, 0.05) is 29.3 Å². The molecular weight excluding hydrogens is 316 g/mol. The molecule has 6 nitrogen and oxygen atoms in total. The van der Waals surface area contributed by atoms with E-state index in [2.05, 4.69) is 10.1 Å². The zero-order chi connectivity index (χ0) is 17.3. The van der Waals surface area contributed by atoms with Crippen molar-refractivity contribution in [2.24, 2.45) is 5.73 Å². The summed E-state index contributed by atoms with van der Waals surface area (Å²) < 4.78 is 35.0. The zero-order valence-electron chi connectivity index (χ0n) is 12.9. The van der Waals surface area contributed by atoms with Gasteiger partial charge in [0.05, 0.1) is 24.9 Å². The van der Waals surface area contributed by atoms with E-state index in [1.807, 2.05) is 0 Å². The van der Waals surface area contributed by atoms with Crippen LogP contribution >= 0.6 is 0 Å². The molecule has 0 amide bonds. The maximum absolute atomic E-state index is 14.2. The van der Waals surface area contributed by atoms with Crippen LogP contribution in [0.3, 0.4) is 0 Å². The summed E-state index contributed by atoms with van der Waals surface area (Å²) in [5, 5.41) is 12.4. The molecule has 24 heavy (non-hydrogen) atoms. The summed E-state index contributed by atoms with van der Waals surface area (Å²) in [7, 11) is 0. The fraction of sp³-hybridized carbons (Fsp3) is 0.188. The lowest BCUT2D eigenvalue weighted by Crippen LogP contribution is -2.13. The van der Waals surface area contributed by atoms with Crippen molar-refractivity contribution in [3.63, 3.8) is 0 Å². The lowest BCUT2D eigenvalue weighted by atomic mass is 10.2. The molecule has 0 saturated carbocycles. The molecule has 3 N–H and O–H groups in total. The Balaban J connectivity index is 2.06. The molecule has 2 heterocycles. The second kappa shape index (κ2) is 6.23. The van der Waals surface area contributed by atoms with E-state index in [0.717, 1.165) is 12.1 Å². The first-order valence-electron chi connectivity index (χ1n) is 7.27. The van der Waals surface area contributed by atoms with Crippen LogP contribution in [0.4, 0.5) is 8.78 Å². The van der Waals surface area contributed by atoms with Crippen molar-refractivity contribution in [1.82, 2.24) is 14.8 Å². The number of benzene rings is 1. The molecular formula is C16H15F2N5O. The average Bonchev–Trinajstić information content (AvgIpc) is 2.90. The van der Waals surface area contributed by atoms with E-state index in [9.17, 15) is 8.78 Å². The van der Waals surface area contributed by atoms with Gasteiger partial charge in [0.15, 0.2) is 0 Å². The highest BCUT2D eigenvalue weighted by molar-refractivity contribution is 6.05. The minimum absolute atomic E-state index is 0.132. The molecule has 0 fully saturated rings. The van der Waals surface area contributed by atoms with Crippen LogP contribution in [0.25, 0.3) is 10.9 Å². The molecule has 3 rings (SSSR count). The minimum atomic E-state index is -0.727. The van der Waals surface area contributed by atoms with Crippen LogP contribution in [0.5, 0.6) is 5.75 Å². The third-order valence-corrected chi connectivity index (χ3v) is 3.54. The average molecular weight is 331 g/mol. The number of rotatable bonds is 5. The minimum Gasteiger partial charge on any atom is -0.494 e. The van der Waals surface area contributed by atoms with E-state index < -0.39 is 11.6 Å². The van der Waals surface area contributed by atoms with Crippen molar-refractivity contribution in [2.75, 3.05) is 6.61 Å². The largest absolute Gasteiger partial charge is 0.494 e. The summed E-state index contributed by atoms with van der Waals surface area (Å²) in [4.78, 5) is 3.99. The Labute approximate surface area is 136 Å². The summed E-state index contributed by atoms with van der Waals surface area (Å²) in [6.07, 6.45) is 3.05. The van der Waals surface area contributed by atoms with Gasteiger partial charge in [-0.15, -0.1) is 0 Å². The lowest BCUT2D eigenvalue weighted by Gasteiger charge is -2.09. The van der Waals surface area contributed by atoms with Gasteiger partial charge in [0.2, 0.25) is 0 Å². The molecule has 0 unspecified atom stereocenters. The number of nitrogen functional groups attached to an aromatic ring is 1. The molecule has 0 radical (unpaired) electrons. The Morgan fingerprint density at radius 2 is 2.04 bits per heavy atom. The van der Waals surface area contributed by atoms with Gasteiger partial charge in [0.25, 0.3) is 0 Å². The number of aromatic nitrogens is 3. The number of nitrogens with one attached hydrogen (secondary N) is 1. The molecule has 0 bridgehead atoms. The number of pyridine rings is 1. The monoisotopic (exact) mass is 331 g/mol. The second-order valence-corrected chi connectivity index (χ2v) is 5.11. The van der Waals surface area contributed by atoms with Crippen LogP contribution in [0, 0.1) is 17.0 Å². The summed E-state index contributed by atoms with van der Waals surface area (Å²) in [5.74, 6) is -1.55. The van der Waals surface area contributed by atoms with Crippen molar-refractivity contribution in [1.29, 1.82) is 5.41 Å². The Morgan fingerprint density at radius 1 is 1.33 bits per heavy atom. The highest BCUT2D eigenvalue weighted by atomic mass is 19.1. The normalized spacial score (nSPS) is 11.0. The van der Waals surface area contributed by atoms with E-state index in [1.54, 1.807) is 19.2 Å². The Hall–Kier alpha value is -3.03. The maximum atomic E-state index is 14.2. The molecule has 8 heteroatoms. The van der Waals surface area contributed by atoms with Gasteiger partial charge < -0.3 is 10.5 Å². The molecule has 0 aliphatic carbocycles. The predicted octanol–water partition coefficient (Wildman–Crippen LogP) is 2.44. The summed E-state index contributed by atoms with van der Waals surface area (Å²) in [5.41, 5.74) is 6.16. The van der Waals surface area contributed by atoms with Gasteiger partial charge in [-0.05, 0) is 13.0 Å². The highest BCUT2D eigenvalue weighted by Crippen LogP contribution is 2.24. The highest BCUT2D eigenvalue weighted by Gasteiger charge is 2.17. The Morgan fingerprint density at radius 3 is 2.67 bits per heavy atom. The SMILES string of the molecule is CCOc1cc(F)c(Cn2nc(C(=N)N)c3ccncc32)c(F)c1. The van der Waals surface area contributed by atoms with Crippen molar-refractivity contribution >= 4 is 16.7 Å². The van der Waals surface area contributed by atoms with Gasteiger partial charge in [-0.25, -0.2) is 8.78 Å². The van der Waals surface area contributed by atoms with Crippen LogP contribution in [0.15, 0.2) is 30.6 Å². The molecule has 0 atom stereocenters. The number of amidine groups is 1. The number of nitrogens with two attached hydrogens (primary N) is 1. The van der Waals surface area contributed by atoms with Gasteiger partial charge in [-0.3, -0.25) is 15.1 Å². The van der Waals surface area contributed by atoms with Crippen molar-refractivity contribution < 1.29 is 13.5 Å². The third kappa shape index (κ3) is 2.78. The first kappa shape index (κ1) is 15.9. The Kier molecular flexibility index (Phi) is 4.11. The number of hydrogen-bond acceptors (Lipinski definition) is 4. The van der Waals surface area contributed by atoms with Gasteiger partial charge in [-0.1, -0.05) is 0 Å². The van der Waals surface area contributed by atoms with E-state index in [4.69, 9.17) is 15.9 Å². The second-order valence-electron chi connectivity index (χ2n) is 5.11.